The molecule has 1 aliphatic rings. The van der Waals surface area contributed by atoms with Crippen LogP contribution in [0.5, 0.6) is 0 Å². The van der Waals surface area contributed by atoms with Crippen molar-refractivity contribution < 1.29 is 13.2 Å². The fourth-order valence-corrected chi connectivity index (χ4v) is 5.92. The number of aryl methyl sites for hydroxylation is 2. The van der Waals surface area contributed by atoms with E-state index in [0.29, 0.717) is 22.8 Å². The van der Waals surface area contributed by atoms with Crippen LogP contribution < -0.4 is 5.32 Å². The average molecular weight is 423 g/mol. The highest BCUT2D eigenvalue weighted by molar-refractivity contribution is 7.89. The summed E-state index contributed by atoms with van der Waals surface area (Å²) >= 11 is 1.34. The first-order valence-electron chi connectivity index (χ1n) is 9.59. The standard InChI is InChI=1S/C19H26N4O3S2/c1-4-7-17-21-22-19(27-17)20-18(24)16-12-15(10-9-13(16)2)28(25,26)23-11-6-5-8-14(23)3/h9-10,12,14H,4-8,11H2,1-3H3,(H,20,22,24). The molecule has 1 N–H and O–H groups in total. The van der Waals surface area contributed by atoms with Crippen LogP contribution >= 0.6 is 11.3 Å². The fraction of sp³-hybridized carbons (Fsp3) is 0.526. The summed E-state index contributed by atoms with van der Waals surface area (Å²) in [6.07, 6.45) is 4.52. The van der Waals surface area contributed by atoms with Crippen LogP contribution in [-0.2, 0) is 16.4 Å². The molecule has 0 saturated carbocycles. The molecule has 1 atom stereocenters. The van der Waals surface area contributed by atoms with Crippen molar-refractivity contribution in [2.75, 3.05) is 11.9 Å². The van der Waals surface area contributed by atoms with Crippen molar-refractivity contribution in [2.24, 2.45) is 0 Å². The van der Waals surface area contributed by atoms with Crippen molar-refractivity contribution in [3.8, 4) is 0 Å². The van der Waals surface area contributed by atoms with Gasteiger partial charge in [-0.2, -0.15) is 4.31 Å². The molecular weight excluding hydrogens is 396 g/mol. The predicted molar refractivity (Wildman–Crippen MR) is 110 cm³/mol. The van der Waals surface area contributed by atoms with Crippen molar-refractivity contribution in [3.05, 3.63) is 34.3 Å². The van der Waals surface area contributed by atoms with Crippen LogP contribution in [0.4, 0.5) is 5.13 Å². The Morgan fingerprint density at radius 2 is 2.11 bits per heavy atom. The largest absolute Gasteiger partial charge is 0.296 e. The molecule has 1 fully saturated rings. The number of aromatic nitrogens is 2. The summed E-state index contributed by atoms with van der Waals surface area (Å²) in [5, 5.41) is 12.1. The molecule has 0 radical (unpaired) electrons. The van der Waals surface area contributed by atoms with E-state index in [1.54, 1.807) is 23.4 Å². The summed E-state index contributed by atoms with van der Waals surface area (Å²) in [6, 6.07) is 4.69. The second-order valence-electron chi connectivity index (χ2n) is 7.14. The van der Waals surface area contributed by atoms with Gasteiger partial charge in [0.1, 0.15) is 5.01 Å². The van der Waals surface area contributed by atoms with E-state index in [1.807, 2.05) is 6.92 Å². The van der Waals surface area contributed by atoms with Crippen LogP contribution in [0.2, 0.25) is 0 Å². The number of piperidine rings is 1. The molecule has 2 aromatic rings. The molecule has 0 aliphatic carbocycles. The maximum Gasteiger partial charge on any atom is 0.257 e. The Labute approximate surface area is 170 Å². The molecule has 1 aliphatic heterocycles. The van der Waals surface area contributed by atoms with Crippen molar-refractivity contribution in [3.63, 3.8) is 0 Å². The maximum absolute atomic E-state index is 13.1. The summed E-state index contributed by atoms with van der Waals surface area (Å²) in [5.74, 6) is -0.375. The van der Waals surface area contributed by atoms with Crippen molar-refractivity contribution in [2.45, 2.75) is 63.8 Å². The summed E-state index contributed by atoms with van der Waals surface area (Å²) in [7, 11) is -3.63. The molecule has 0 spiro atoms. The first-order chi connectivity index (χ1) is 13.3. The number of benzene rings is 1. The van der Waals surface area contributed by atoms with Crippen molar-refractivity contribution in [1.82, 2.24) is 14.5 Å². The smallest absolute Gasteiger partial charge is 0.257 e. The minimum Gasteiger partial charge on any atom is -0.296 e. The number of sulfonamides is 1. The van der Waals surface area contributed by atoms with Gasteiger partial charge in [0, 0.05) is 24.6 Å². The normalized spacial score (nSPS) is 18.2. The van der Waals surface area contributed by atoms with E-state index in [2.05, 4.69) is 22.4 Å². The number of amides is 1. The quantitative estimate of drug-likeness (QED) is 0.768. The highest BCUT2D eigenvalue weighted by Gasteiger charge is 2.31. The second-order valence-corrected chi connectivity index (χ2v) is 10.1. The van der Waals surface area contributed by atoms with Crippen LogP contribution in [0.15, 0.2) is 23.1 Å². The van der Waals surface area contributed by atoms with Gasteiger partial charge in [0.25, 0.3) is 5.91 Å². The number of nitrogens with one attached hydrogen (secondary N) is 1. The van der Waals surface area contributed by atoms with Crippen LogP contribution in [-0.4, -0.2) is 41.4 Å². The Morgan fingerprint density at radius 3 is 2.82 bits per heavy atom. The van der Waals surface area contributed by atoms with Gasteiger partial charge < -0.3 is 0 Å². The maximum atomic E-state index is 13.1. The zero-order valence-corrected chi connectivity index (χ0v) is 18.1. The number of nitrogens with zero attached hydrogens (tertiary/aromatic N) is 3. The highest BCUT2D eigenvalue weighted by atomic mass is 32.2. The number of hydrogen-bond donors (Lipinski definition) is 1. The Kier molecular flexibility index (Phi) is 6.47. The van der Waals surface area contributed by atoms with E-state index in [0.717, 1.165) is 37.1 Å². The molecule has 9 heteroatoms. The SMILES string of the molecule is CCCc1nnc(NC(=O)c2cc(S(=O)(=O)N3CCCCC3C)ccc2C)s1. The van der Waals surface area contributed by atoms with E-state index in [-0.39, 0.29) is 16.8 Å². The molecule has 3 rings (SSSR count). The minimum atomic E-state index is -3.63. The van der Waals surface area contributed by atoms with E-state index in [1.165, 1.54) is 17.4 Å². The van der Waals surface area contributed by atoms with E-state index < -0.39 is 10.0 Å². The van der Waals surface area contributed by atoms with Gasteiger partial charge in [-0.05, 0) is 50.8 Å². The molecule has 2 heterocycles. The van der Waals surface area contributed by atoms with Gasteiger partial charge in [0.2, 0.25) is 15.2 Å². The average Bonchev–Trinajstić information content (AvgIpc) is 3.09. The third kappa shape index (κ3) is 4.42. The first kappa shape index (κ1) is 20.9. The van der Waals surface area contributed by atoms with Crippen molar-refractivity contribution >= 4 is 32.4 Å². The van der Waals surface area contributed by atoms with Crippen LogP contribution in [0.25, 0.3) is 0 Å². The van der Waals surface area contributed by atoms with Gasteiger partial charge >= 0.3 is 0 Å². The molecule has 7 nitrogen and oxygen atoms in total. The summed E-state index contributed by atoms with van der Waals surface area (Å²) in [4.78, 5) is 12.9. The van der Waals surface area contributed by atoms with Gasteiger partial charge in [-0.1, -0.05) is 30.7 Å². The molecule has 1 saturated heterocycles. The van der Waals surface area contributed by atoms with Crippen molar-refractivity contribution in [1.29, 1.82) is 0 Å². The fourth-order valence-electron chi connectivity index (χ4n) is 3.35. The lowest BCUT2D eigenvalue weighted by Crippen LogP contribution is -2.42. The predicted octanol–water partition coefficient (Wildman–Crippen LogP) is 3.61. The lowest BCUT2D eigenvalue weighted by molar-refractivity contribution is 0.102. The van der Waals surface area contributed by atoms with Gasteiger partial charge in [0.15, 0.2) is 0 Å². The minimum absolute atomic E-state index is 0.0318. The van der Waals surface area contributed by atoms with Crippen LogP contribution in [0.1, 0.15) is 60.5 Å². The number of hydrogen-bond acceptors (Lipinski definition) is 6. The lowest BCUT2D eigenvalue weighted by Gasteiger charge is -2.32. The third-order valence-corrected chi connectivity index (χ3v) is 7.86. The topological polar surface area (TPSA) is 92.3 Å². The van der Waals surface area contributed by atoms with E-state index >= 15 is 0 Å². The first-order valence-corrected chi connectivity index (χ1v) is 11.8. The van der Waals surface area contributed by atoms with Gasteiger partial charge in [-0.15, -0.1) is 10.2 Å². The molecule has 1 aromatic heterocycles. The molecule has 28 heavy (non-hydrogen) atoms. The molecular formula is C19H26N4O3S2. The summed E-state index contributed by atoms with van der Waals surface area (Å²) in [5.41, 5.74) is 1.04. The zero-order valence-electron chi connectivity index (χ0n) is 16.4. The monoisotopic (exact) mass is 422 g/mol. The van der Waals surface area contributed by atoms with E-state index in [9.17, 15) is 13.2 Å². The molecule has 0 bridgehead atoms. The summed E-state index contributed by atoms with van der Waals surface area (Å²) in [6.45, 7) is 6.29. The van der Waals surface area contributed by atoms with E-state index in [4.69, 9.17) is 0 Å². The Balaban J connectivity index is 1.85. The number of rotatable bonds is 6. The molecule has 1 amide bonds. The van der Waals surface area contributed by atoms with Crippen LogP contribution in [0.3, 0.4) is 0 Å². The number of carbonyl (C=O) groups is 1. The van der Waals surface area contributed by atoms with Crippen LogP contribution in [0, 0.1) is 6.92 Å². The number of carbonyl (C=O) groups excluding carboxylic acids is 1. The number of anilines is 1. The molecule has 152 valence electrons. The Morgan fingerprint density at radius 1 is 1.32 bits per heavy atom. The molecule has 1 unspecified atom stereocenters. The molecule has 1 aromatic carbocycles. The Bertz CT molecular complexity index is 956. The zero-order chi connectivity index (χ0) is 20.3. The summed E-state index contributed by atoms with van der Waals surface area (Å²) < 4.78 is 27.7. The third-order valence-electron chi connectivity index (χ3n) is 4.95. The van der Waals surface area contributed by atoms with Gasteiger partial charge in [0.05, 0.1) is 4.90 Å². The van der Waals surface area contributed by atoms with Gasteiger partial charge in [-0.3, -0.25) is 10.1 Å². The lowest BCUT2D eigenvalue weighted by atomic mass is 10.1. The Hall–Kier alpha value is -1.84. The highest BCUT2D eigenvalue weighted by Crippen LogP contribution is 2.27. The van der Waals surface area contributed by atoms with Gasteiger partial charge in [-0.25, -0.2) is 8.42 Å². The second kappa shape index (κ2) is 8.67.